The van der Waals surface area contributed by atoms with E-state index in [2.05, 4.69) is 9.82 Å². The van der Waals surface area contributed by atoms with E-state index in [1.54, 1.807) is 18.2 Å². The molecule has 0 saturated carbocycles. The SMILES string of the molecule is Cc1c([N+](=O)[O-])cccc1S(=O)(=O)Nc1ccccc1-n1ncc(C#N)c1N. The van der Waals surface area contributed by atoms with Crippen molar-refractivity contribution in [3.63, 3.8) is 0 Å². The van der Waals surface area contributed by atoms with Crippen molar-refractivity contribution < 1.29 is 13.3 Å². The van der Waals surface area contributed by atoms with Gasteiger partial charge in [-0.1, -0.05) is 18.2 Å². The summed E-state index contributed by atoms with van der Waals surface area (Å²) < 4.78 is 29.4. The number of sulfonamides is 1. The average Bonchev–Trinajstić information content (AvgIpc) is 3.02. The second-order valence-electron chi connectivity index (χ2n) is 5.75. The van der Waals surface area contributed by atoms with E-state index in [-0.39, 0.29) is 33.2 Å². The van der Waals surface area contributed by atoms with Crippen LogP contribution in [-0.4, -0.2) is 23.1 Å². The van der Waals surface area contributed by atoms with Crippen LogP contribution in [-0.2, 0) is 10.0 Å². The van der Waals surface area contributed by atoms with Gasteiger partial charge in [0.25, 0.3) is 15.7 Å². The monoisotopic (exact) mass is 398 g/mol. The van der Waals surface area contributed by atoms with Crippen LogP contribution < -0.4 is 10.5 Å². The Morgan fingerprint density at radius 3 is 2.61 bits per heavy atom. The van der Waals surface area contributed by atoms with Crippen LogP contribution in [0.15, 0.2) is 53.6 Å². The van der Waals surface area contributed by atoms with Gasteiger partial charge in [0, 0.05) is 11.6 Å². The van der Waals surface area contributed by atoms with Gasteiger partial charge < -0.3 is 5.73 Å². The molecule has 0 saturated heterocycles. The number of nitro benzene ring substituents is 1. The van der Waals surface area contributed by atoms with Crippen LogP contribution in [0.25, 0.3) is 5.69 Å². The number of nitrogens with two attached hydrogens (primary N) is 1. The van der Waals surface area contributed by atoms with Gasteiger partial charge in [-0.15, -0.1) is 0 Å². The van der Waals surface area contributed by atoms with Crippen molar-refractivity contribution >= 4 is 27.2 Å². The molecule has 2 aromatic carbocycles. The van der Waals surface area contributed by atoms with Crippen molar-refractivity contribution in [3.8, 4) is 11.8 Å². The van der Waals surface area contributed by atoms with Gasteiger partial charge in [-0.25, -0.2) is 13.1 Å². The quantitative estimate of drug-likeness (QED) is 0.493. The van der Waals surface area contributed by atoms with Crippen LogP contribution in [0.4, 0.5) is 17.2 Å². The normalized spacial score (nSPS) is 11.0. The first-order chi connectivity index (χ1) is 13.3. The molecule has 0 bridgehead atoms. The summed E-state index contributed by atoms with van der Waals surface area (Å²) in [5.41, 5.74) is 6.20. The van der Waals surface area contributed by atoms with E-state index in [4.69, 9.17) is 11.0 Å². The van der Waals surface area contributed by atoms with Gasteiger partial charge in [-0.05, 0) is 25.1 Å². The number of para-hydroxylation sites is 2. The Hall–Kier alpha value is -3.91. The van der Waals surface area contributed by atoms with E-state index >= 15 is 0 Å². The predicted molar refractivity (Wildman–Crippen MR) is 101 cm³/mol. The van der Waals surface area contributed by atoms with Crippen LogP contribution in [0, 0.1) is 28.4 Å². The topological polar surface area (TPSA) is 157 Å². The molecule has 0 unspecified atom stereocenters. The summed E-state index contributed by atoms with van der Waals surface area (Å²) in [6.45, 7) is 1.36. The van der Waals surface area contributed by atoms with Gasteiger partial charge in [-0.3, -0.25) is 14.8 Å². The molecule has 0 aliphatic rings. The Kier molecular flexibility index (Phi) is 4.72. The Balaban J connectivity index is 2.08. The second kappa shape index (κ2) is 7.01. The highest BCUT2D eigenvalue weighted by molar-refractivity contribution is 7.92. The van der Waals surface area contributed by atoms with Crippen molar-refractivity contribution in [2.75, 3.05) is 10.5 Å². The van der Waals surface area contributed by atoms with E-state index in [0.29, 0.717) is 5.69 Å². The minimum absolute atomic E-state index is 0.0165. The first-order valence-corrected chi connectivity index (χ1v) is 9.34. The molecule has 3 N–H and O–H groups in total. The van der Waals surface area contributed by atoms with E-state index in [1.807, 2.05) is 6.07 Å². The summed E-state index contributed by atoms with van der Waals surface area (Å²) in [4.78, 5) is 10.2. The summed E-state index contributed by atoms with van der Waals surface area (Å²) in [5.74, 6) is 0.0562. The second-order valence-corrected chi connectivity index (χ2v) is 7.40. The molecular weight excluding hydrogens is 384 g/mol. The summed E-state index contributed by atoms with van der Waals surface area (Å²) in [5, 5.41) is 24.2. The molecule has 28 heavy (non-hydrogen) atoms. The number of aromatic nitrogens is 2. The number of nitro groups is 1. The molecule has 3 rings (SSSR count). The molecule has 142 valence electrons. The van der Waals surface area contributed by atoms with Crippen LogP contribution >= 0.6 is 0 Å². The minimum Gasteiger partial charge on any atom is -0.382 e. The number of rotatable bonds is 5. The van der Waals surface area contributed by atoms with E-state index in [9.17, 15) is 18.5 Å². The molecular formula is C17H14N6O4S. The highest BCUT2D eigenvalue weighted by Gasteiger charge is 2.24. The highest BCUT2D eigenvalue weighted by atomic mass is 32.2. The predicted octanol–water partition coefficient (Wildman–Crippen LogP) is 2.34. The number of hydrogen-bond acceptors (Lipinski definition) is 7. The molecule has 0 atom stereocenters. The van der Waals surface area contributed by atoms with Crippen molar-refractivity contribution in [1.82, 2.24) is 9.78 Å². The van der Waals surface area contributed by atoms with Gasteiger partial charge in [0.1, 0.15) is 17.5 Å². The van der Waals surface area contributed by atoms with Crippen LogP contribution in [0.2, 0.25) is 0 Å². The van der Waals surface area contributed by atoms with E-state index in [1.165, 1.54) is 42.1 Å². The molecule has 1 aromatic heterocycles. The minimum atomic E-state index is -4.14. The number of hydrogen-bond donors (Lipinski definition) is 2. The molecule has 0 radical (unpaired) electrons. The van der Waals surface area contributed by atoms with Crippen molar-refractivity contribution in [2.45, 2.75) is 11.8 Å². The van der Waals surface area contributed by atoms with Crippen LogP contribution in [0.3, 0.4) is 0 Å². The summed E-state index contributed by atoms with van der Waals surface area (Å²) in [7, 11) is -4.14. The first-order valence-electron chi connectivity index (χ1n) is 7.86. The molecule has 0 aliphatic heterocycles. The van der Waals surface area contributed by atoms with Crippen LogP contribution in [0.1, 0.15) is 11.1 Å². The van der Waals surface area contributed by atoms with Crippen molar-refractivity contribution in [3.05, 3.63) is 69.9 Å². The molecule has 1 heterocycles. The third kappa shape index (κ3) is 3.24. The van der Waals surface area contributed by atoms with Crippen LogP contribution in [0.5, 0.6) is 0 Å². The van der Waals surface area contributed by atoms with E-state index < -0.39 is 14.9 Å². The lowest BCUT2D eigenvalue weighted by molar-refractivity contribution is -0.385. The molecule has 3 aromatic rings. The summed E-state index contributed by atoms with van der Waals surface area (Å²) >= 11 is 0. The van der Waals surface area contributed by atoms with Gasteiger partial charge in [0.2, 0.25) is 0 Å². The molecule has 10 nitrogen and oxygen atoms in total. The first kappa shape index (κ1) is 18.9. The zero-order valence-electron chi connectivity index (χ0n) is 14.5. The molecule has 0 amide bonds. The van der Waals surface area contributed by atoms with Gasteiger partial charge >= 0.3 is 0 Å². The summed E-state index contributed by atoms with van der Waals surface area (Å²) in [6.07, 6.45) is 1.27. The lowest BCUT2D eigenvalue weighted by atomic mass is 10.2. The maximum absolute atomic E-state index is 12.9. The maximum atomic E-state index is 12.9. The number of nitrogens with one attached hydrogen (secondary N) is 1. The standard InChI is InChI=1S/C17H14N6O4S/c1-11-14(23(24)25)7-4-8-16(11)28(26,27)21-13-5-2-3-6-15(13)22-17(19)12(9-18)10-20-22/h2-8,10,21H,19H2,1H3. The summed E-state index contributed by atoms with van der Waals surface area (Å²) in [6, 6.07) is 12.0. The molecule has 0 fully saturated rings. The fraction of sp³-hybridized carbons (Fsp3) is 0.0588. The smallest absolute Gasteiger partial charge is 0.273 e. The van der Waals surface area contributed by atoms with E-state index in [0.717, 1.165) is 0 Å². The van der Waals surface area contributed by atoms with Gasteiger partial charge in [0.05, 0.1) is 27.4 Å². The number of anilines is 2. The lowest BCUT2D eigenvalue weighted by Crippen LogP contribution is -2.17. The van der Waals surface area contributed by atoms with Crippen molar-refractivity contribution in [1.29, 1.82) is 5.26 Å². The van der Waals surface area contributed by atoms with Gasteiger partial charge in [0.15, 0.2) is 0 Å². The van der Waals surface area contributed by atoms with Gasteiger partial charge in [-0.2, -0.15) is 10.4 Å². The number of nitrogen functional groups attached to an aromatic ring is 1. The molecule has 11 heteroatoms. The van der Waals surface area contributed by atoms with Crippen molar-refractivity contribution in [2.24, 2.45) is 0 Å². The average molecular weight is 398 g/mol. The maximum Gasteiger partial charge on any atom is 0.273 e. The Morgan fingerprint density at radius 2 is 1.96 bits per heavy atom. The third-order valence-corrected chi connectivity index (χ3v) is 5.56. The Bertz CT molecular complexity index is 1230. The lowest BCUT2D eigenvalue weighted by Gasteiger charge is -2.14. The fourth-order valence-electron chi connectivity index (χ4n) is 2.67. The largest absolute Gasteiger partial charge is 0.382 e. The highest BCUT2D eigenvalue weighted by Crippen LogP contribution is 2.29. The molecule has 0 spiro atoms. The third-order valence-electron chi connectivity index (χ3n) is 4.05. The fourth-order valence-corrected chi connectivity index (χ4v) is 4.01. The Labute approximate surface area is 160 Å². The number of nitrogens with zero attached hydrogens (tertiary/aromatic N) is 4. The zero-order chi connectivity index (χ0) is 20.5. The number of benzene rings is 2. The number of nitriles is 1. The Morgan fingerprint density at radius 1 is 1.25 bits per heavy atom. The zero-order valence-corrected chi connectivity index (χ0v) is 15.3. The molecule has 0 aliphatic carbocycles.